The zero-order chi connectivity index (χ0) is 30.6. The molecule has 3 unspecified atom stereocenters. The van der Waals surface area contributed by atoms with Crippen LogP contribution in [-0.2, 0) is 19.8 Å². The van der Waals surface area contributed by atoms with Gasteiger partial charge in [0.25, 0.3) is 0 Å². The number of piperidine rings is 1. The lowest BCUT2D eigenvalue weighted by Crippen LogP contribution is -2.57. The van der Waals surface area contributed by atoms with Gasteiger partial charge in [0.1, 0.15) is 23.6 Å². The van der Waals surface area contributed by atoms with Crippen LogP contribution < -0.4 is 15.4 Å². The van der Waals surface area contributed by atoms with E-state index < -0.39 is 28.6 Å². The van der Waals surface area contributed by atoms with Crippen LogP contribution in [0.15, 0.2) is 54.6 Å². The van der Waals surface area contributed by atoms with Crippen molar-refractivity contribution in [1.82, 2.24) is 10.2 Å². The maximum absolute atomic E-state index is 14.7. The molecule has 3 amide bonds. The zero-order valence-corrected chi connectivity index (χ0v) is 25.5. The molecule has 0 aromatic heterocycles. The average molecular weight is 613 g/mol. The third-order valence-electron chi connectivity index (χ3n) is 8.22. The molecule has 1 spiro atoms. The molecule has 10 heteroatoms. The van der Waals surface area contributed by atoms with E-state index in [0.29, 0.717) is 43.7 Å². The van der Waals surface area contributed by atoms with E-state index in [0.717, 1.165) is 0 Å². The summed E-state index contributed by atoms with van der Waals surface area (Å²) in [7, 11) is 3.36. The summed E-state index contributed by atoms with van der Waals surface area (Å²) in [4.78, 5) is 42.1. The Morgan fingerprint density at radius 1 is 1.05 bits per heavy atom. The van der Waals surface area contributed by atoms with Crippen molar-refractivity contribution in [2.45, 2.75) is 44.6 Å². The van der Waals surface area contributed by atoms with Gasteiger partial charge >= 0.3 is 0 Å². The van der Waals surface area contributed by atoms with Gasteiger partial charge in [0.15, 0.2) is 0 Å². The van der Waals surface area contributed by atoms with Crippen molar-refractivity contribution in [3.63, 3.8) is 0 Å². The second-order valence-corrected chi connectivity index (χ2v) is 12.7. The van der Waals surface area contributed by atoms with Crippen LogP contribution >= 0.6 is 23.2 Å². The van der Waals surface area contributed by atoms with Gasteiger partial charge in [-0.1, -0.05) is 35.3 Å². The van der Waals surface area contributed by atoms with Gasteiger partial charge in [-0.15, -0.1) is 0 Å². The average Bonchev–Trinajstić information content (AvgIpc) is 3.20. The number of aryl methyl sites for hydroxylation is 1. The van der Waals surface area contributed by atoms with Gasteiger partial charge in [0.05, 0.1) is 11.5 Å². The van der Waals surface area contributed by atoms with Crippen LogP contribution in [0.5, 0.6) is 5.75 Å². The molecule has 5 rings (SSSR count). The van der Waals surface area contributed by atoms with E-state index in [4.69, 9.17) is 27.9 Å². The maximum Gasteiger partial charge on any atom is 0.238 e. The van der Waals surface area contributed by atoms with Crippen molar-refractivity contribution in [3.05, 3.63) is 92.7 Å². The smallest absolute Gasteiger partial charge is 0.238 e. The number of ether oxygens (including phenoxy) is 1. The fraction of sp³-hybridized carbons (Fsp3) is 0.344. The van der Waals surface area contributed by atoms with E-state index in [2.05, 4.69) is 10.6 Å². The molecule has 220 valence electrons. The molecule has 1 fully saturated rings. The number of nitrogens with one attached hydrogen (secondary N) is 2. The Morgan fingerprint density at radius 2 is 1.74 bits per heavy atom. The molecule has 3 aromatic carbocycles. The van der Waals surface area contributed by atoms with Crippen LogP contribution in [-0.4, -0.2) is 43.3 Å². The topological polar surface area (TPSA) is 87.7 Å². The highest BCUT2D eigenvalue weighted by molar-refractivity contribution is 6.31. The van der Waals surface area contributed by atoms with E-state index in [1.165, 1.54) is 17.0 Å². The first-order chi connectivity index (χ1) is 19.7. The molecule has 2 aliphatic rings. The van der Waals surface area contributed by atoms with Gasteiger partial charge in [-0.05, 0) is 79.9 Å². The number of carbonyl (C=O) groups is 3. The van der Waals surface area contributed by atoms with Gasteiger partial charge in [-0.25, -0.2) is 4.39 Å². The van der Waals surface area contributed by atoms with Crippen LogP contribution in [0.1, 0.15) is 54.5 Å². The van der Waals surface area contributed by atoms with E-state index in [9.17, 15) is 18.8 Å². The summed E-state index contributed by atoms with van der Waals surface area (Å²) in [5.41, 5.74) is 0.570. The number of nitrogens with zero attached hydrogens (tertiary/aromatic N) is 1. The summed E-state index contributed by atoms with van der Waals surface area (Å²) >= 11 is 12.8. The molecular weight excluding hydrogens is 580 g/mol. The first kappa shape index (κ1) is 29.9. The van der Waals surface area contributed by atoms with Crippen molar-refractivity contribution in [1.29, 1.82) is 0 Å². The lowest BCUT2D eigenvalue weighted by Gasteiger charge is -2.47. The Morgan fingerprint density at radius 3 is 2.45 bits per heavy atom. The molecule has 0 aliphatic carbocycles. The summed E-state index contributed by atoms with van der Waals surface area (Å²) < 4.78 is 21.0. The van der Waals surface area contributed by atoms with Crippen LogP contribution in [0.25, 0.3) is 0 Å². The number of hydrogen-bond donors (Lipinski definition) is 2. The Bertz CT molecular complexity index is 1610. The second-order valence-electron chi connectivity index (χ2n) is 11.8. The summed E-state index contributed by atoms with van der Waals surface area (Å²) in [5.74, 6) is -1.67. The number of carbonyl (C=O) groups excluding carboxylic acids is 3. The monoisotopic (exact) mass is 611 g/mol. The minimum atomic E-state index is -1.41. The van der Waals surface area contributed by atoms with E-state index in [-0.39, 0.29) is 30.7 Å². The highest BCUT2D eigenvalue weighted by atomic mass is 35.5. The molecule has 2 aliphatic heterocycles. The number of benzene rings is 3. The lowest BCUT2D eigenvalue weighted by atomic mass is 9.59. The SMILES string of the molecule is Cc1ccc(F)cc1C1NC(=O)CC(c2cc(Cl)ccc2OCC(C)(C)C(=O)N(C)C)C12C(=O)Nc1cc(Cl)ccc12. The fourth-order valence-electron chi connectivity index (χ4n) is 6.29. The van der Waals surface area contributed by atoms with Crippen molar-refractivity contribution in [2.24, 2.45) is 5.41 Å². The predicted molar refractivity (Wildman–Crippen MR) is 161 cm³/mol. The maximum atomic E-state index is 14.7. The highest BCUT2D eigenvalue weighted by Gasteiger charge is 2.62. The second kappa shape index (κ2) is 10.9. The summed E-state index contributed by atoms with van der Waals surface area (Å²) in [6.07, 6.45) is -0.0723. The molecule has 0 radical (unpaired) electrons. The van der Waals surface area contributed by atoms with Gasteiger partial charge < -0.3 is 20.3 Å². The molecule has 7 nitrogen and oxygen atoms in total. The van der Waals surface area contributed by atoms with E-state index >= 15 is 0 Å². The number of amides is 3. The van der Waals surface area contributed by atoms with Crippen LogP contribution in [0.2, 0.25) is 10.0 Å². The first-order valence-electron chi connectivity index (χ1n) is 13.6. The van der Waals surface area contributed by atoms with Gasteiger partial charge in [0.2, 0.25) is 17.7 Å². The van der Waals surface area contributed by atoms with Crippen LogP contribution in [0.3, 0.4) is 0 Å². The predicted octanol–water partition coefficient (Wildman–Crippen LogP) is 6.17. The summed E-state index contributed by atoms with van der Waals surface area (Å²) in [6, 6.07) is 13.6. The molecule has 0 saturated carbocycles. The lowest BCUT2D eigenvalue weighted by molar-refractivity contribution is -0.139. The minimum absolute atomic E-state index is 0.0371. The van der Waals surface area contributed by atoms with Gasteiger partial charge in [-0.3, -0.25) is 14.4 Å². The molecule has 0 bridgehead atoms. The van der Waals surface area contributed by atoms with Crippen LogP contribution in [0, 0.1) is 18.2 Å². The van der Waals surface area contributed by atoms with Crippen molar-refractivity contribution in [2.75, 3.05) is 26.0 Å². The number of fused-ring (bicyclic) bond motifs is 2. The number of rotatable bonds is 6. The first-order valence-corrected chi connectivity index (χ1v) is 14.3. The Balaban J connectivity index is 1.73. The third kappa shape index (κ3) is 5.01. The molecule has 42 heavy (non-hydrogen) atoms. The van der Waals surface area contributed by atoms with Gasteiger partial charge in [0, 0.05) is 47.7 Å². The number of anilines is 1. The van der Waals surface area contributed by atoms with Gasteiger partial charge in [-0.2, -0.15) is 0 Å². The molecule has 1 saturated heterocycles. The number of halogens is 3. The molecular formula is C32H32Cl2FN3O4. The molecule has 3 atom stereocenters. The quantitative estimate of drug-likeness (QED) is 0.349. The Kier molecular flexibility index (Phi) is 7.75. The molecule has 2 N–H and O–H groups in total. The molecule has 3 aromatic rings. The van der Waals surface area contributed by atoms with Crippen LogP contribution in [0.4, 0.5) is 10.1 Å². The Labute approximate surface area is 254 Å². The van der Waals surface area contributed by atoms with E-state index in [1.54, 1.807) is 70.4 Å². The summed E-state index contributed by atoms with van der Waals surface area (Å²) in [5, 5.41) is 6.80. The zero-order valence-electron chi connectivity index (χ0n) is 24.0. The number of hydrogen-bond acceptors (Lipinski definition) is 4. The molecule has 2 heterocycles. The minimum Gasteiger partial charge on any atom is -0.492 e. The van der Waals surface area contributed by atoms with Crippen molar-refractivity contribution in [3.8, 4) is 5.75 Å². The van der Waals surface area contributed by atoms with E-state index in [1.807, 2.05) is 6.92 Å². The fourth-order valence-corrected chi connectivity index (χ4v) is 6.64. The Hall–Kier alpha value is -3.62. The normalized spacial score (nSPS) is 21.5. The largest absolute Gasteiger partial charge is 0.492 e. The highest BCUT2D eigenvalue weighted by Crippen LogP contribution is 2.59. The van der Waals surface area contributed by atoms with Crippen molar-refractivity contribution < 1.29 is 23.5 Å². The third-order valence-corrected chi connectivity index (χ3v) is 8.69. The summed E-state index contributed by atoms with van der Waals surface area (Å²) in [6.45, 7) is 5.42. The standard InChI is InChI=1S/C32H32Cl2FN3O4/c1-17-6-9-20(35)14-21(17)28-32(23-10-7-19(34)13-25(23)36-29(32)40)24(15-27(39)37-28)22-12-18(33)8-11-26(22)42-16-31(2,3)30(41)38(4)5/h6-14,24,28H,15-16H2,1-5H3,(H,36,40)(H,37,39). The van der Waals surface area contributed by atoms with Crippen molar-refractivity contribution >= 4 is 46.6 Å².